The highest BCUT2D eigenvalue weighted by Crippen LogP contribution is 2.19. The average molecular weight is 367 g/mol. The van der Waals surface area contributed by atoms with Gasteiger partial charge in [0.05, 0.1) is 13.2 Å². The predicted octanol–water partition coefficient (Wildman–Crippen LogP) is 3.54. The van der Waals surface area contributed by atoms with E-state index in [0.29, 0.717) is 19.8 Å². The van der Waals surface area contributed by atoms with E-state index in [4.69, 9.17) is 4.74 Å². The molecule has 4 heteroatoms. The smallest absolute Gasteiger partial charge is 0.223 e. The van der Waals surface area contributed by atoms with Crippen LogP contribution in [0.1, 0.15) is 29.5 Å². The number of ether oxygens (including phenoxy) is 1. The van der Waals surface area contributed by atoms with Crippen molar-refractivity contribution in [3.8, 4) is 0 Å². The number of piperidine rings is 1. The molecule has 0 aliphatic carbocycles. The van der Waals surface area contributed by atoms with Gasteiger partial charge in [0.1, 0.15) is 0 Å². The standard InChI is InChI=1S/C23H30N2O2/c1-19-7-9-20(10-8-19)17-25-14-11-22(12-15-25)23(26)24-13-16-27-18-21-5-3-2-4-6-21/h2-10,22H,11-18H2,1H3,(H,24,26). The van der Waals surface area contributed by atoms with Crippen molar-refractivity contribution >= 4 is 5.91 Å². The van der Waals surface area contributed by atoms with Crippen LogP contribution in [0.15, 0.2) is 54.6 Å². The molecule has 144 valence electrons. The molecule has 0 aromatic heterocycles. The van der Waals surface area contributed by atoms with E-state index in [9.17, 15) is 4.79 Å². The number of carbonyl (C=O) groups is 1. The third-order valence-corrected chi connectivity index (χ3v) is 5.14. The van der Waals surface area contributed by atoms with Crippen molar-refractivity contribution in [1.29, 1.82) is 0 Å². The maximum absolute atomic E-state index is 12.3. The number of benzene rings is 2. The third kappa shape index (κ3) is 6.49. The molecule has 1 amide bonds. The number of likely N-dealkylation sites (tertiary alicyclic amines) is 1. The molecule has 1 saturated heterocycles. The fourth-order valence-electron chi connectivity index (χ4n) is 3.46. The van der Waals surface area contributed by atoms with Gasteiger partial charge in [0.15, 0.2) is 0 Å². The van der Waals surface area contributed by atoms with Crippen molar-refractivity contribution in [2.24, 2.45) is 5.92 Å². The van der Waals surface area contributed by atoms with E-state index in [2.05, 4.69) is 41.4 Å². The molecule has 0 atom stereocenters. The van der Waals surface area contributed by atoms with Crippen molar-refractivity contribution in [1.82, 2.24) is 10.2 Å². The first-order chi connectivity index (χ1) is 13.2. The number of hydrogen-bond acceptors (Lipinski definition) is 3. The maximum Gasteiger partial charge on any atom is 0.223 e. The molecule has 3 rings (SSSR count). The van der Waals surface area contributed by atoms with Gasteiger partial charge in [0.2, 0.25) is 5.91 Å². The fourth-order valence-corrected chi connectivity index (χ4v) is 3.46. The molecule has 0 bridgehead atoms. The molecule has 0 radical (unpaired) electrons. The number of nitrogens with zero attached hydrogens (tertiary/aromatic N) is 1. The molecule has 2 aromatic carbocycles. The van der Waals surface area contributed by atoms with Gasteiger partial charge in [0, 0.05) is 19.0 Å². The Hall–Kier alpha value is -2.17. The van der Waals surface area contributed by atoms with Gasteiger partial charge in [-0.15, -0.1) is 0 Å². The van der Waals surface area contributed by atoms with Crippen LogP contribution < -0.4 is 5.32 Å². The number of aryl methyl sites for hydroxylation is 1. The topological polar surface area (TPSA) is 41.6 Å². The Kier molecular flexibility index (Phi) is 7.43. The van der Waals surface area contributed by atoms with Crippen LogP contribution in [-0.4, -0.2) is 37.0 Å². The second-order valence-corrected chi connectivity index (χ2v) is 7.37. The first kappa shape index (κ1) is 19.6. The number of rotatable bonds is 8. The van der Waals surface area contributed by atoms with Gasteiger partial charge < -0.3 is 10.1 Å². The van der Waals surface area contributed by atoms with Crippen LogP contribution in [-0.2, 0) is 22.7 Å². The van der Waals surface area contributed by atoms with Gasteiger partial charge in [-0.25, -0.2) is 0 Å². The molecular weight excluding hydrogens is 336 g/mol. The summed E-state index contributed by atoms with van der Waals surface area (Å²) in [5.74, 6) is 0.307. The molecule has 4 nitrogen and oxygen atoms in total. The van der Waals surface area contributed by atoms with E-state index in [0.717, 1.165) is 38.0 Å². The molecule has 1 N–H and O–H groups in total. The number of hydrogen-bond donors (Lipinski definition) is 1. The first-order valence-electron chi connectivity index (χ1n) is 9.88. The van der Waals surface area contributed by atoms with Gasteiger partial charge >= 0.3 is 0 Å². The van der Waals surface area contributed by atoms with E-state index < -0.39 is 0 Å². The summed E-state index contributed by atoms with van der Waals surface area (Å²) in [5, 5.41) is 3.03. The lowest BCUT2D eigenvalue weighted by Gasteiger charge is -2.31. The highest BCUT2D eigenvalue weighted by atomic mass is 16.5. The minimum atomic E-state index is 0.133. The van der Waals surface area contributed by atoms with E-state index in [1.165, 1.54) is 11.1 Å². The van der Waals surface area contributed by atoms with Crippen LogP contribution in [0, 0.1) is 12.8 Å². The van der Waals surface area contributed by atoms with E-state index >= 15 is 0 Å². The largest absolute Gasteiger partial charge is 0.375 e. The number of amides is 1. The average Bonchev–Trinajstić information content (AvgIpc) is 2.71. The zero-order valence-electron chi connectivity index (χ0n) is 16.2. The van der Waals surface area contributed by atoms with Gasteiger partial charge in [0.25, 0.3) is 0 Å². The molecule has 27 heavy (non-hydrogen) atoms. The molecule has 1 aliphatic heterocycles. The zero-order valence-corrected chi connectivity index (χ0v) is 16.2. The maximum atomic E-state index is 12.3. The summed E-state index contributed by atoms with van der Waals surface area (Å²) < 4.78 is 5.63. The van der Waals surface area contributed by atoms with Crippen LogP contribution >= 0.6 is 0 Å². The van der Waals surface area contributed by atoms with Crippen LogP contribution in [0.25, 0.3) is 0 Å². The normalized spacial score (nSPS) is 15.6. The summed E-state index contributed by atoms with van der Waals surface area (Å²) >= 11 is 0. The van der Waals surface area contributed by atoms with Gasteiger partial charge in [-0.3, -0.25) is 9.69 Å². The fraction of sp³-hybridized carbons (Fsp3) is 0.435. The molecule has 1 aliphatic rings. The van der Waals surface area contributed by atoms with Crippen LogP contribution in [0.5, 0.6) is 0 Å². The number of nitrogens with one attached hydrogen (secondary N) is 1. The lowest BCUT2D eigenvalue weighted by Crippen LogP contribution is -2.41. The second-order valence-electron chi connectivity index (χ2n) is 7.37. The van der Waals surface area contributed by atoms with Crippen LogP contribution in [0.4, 0.5) is 0 Å². The van der Waals surface area contributed by atoms with Gasteiger partial charge in [-0.1, -0.05) is 60.2 Å². The van der Waals surface area contributed by atoms with E-state index in [1.54, 1.807) is 0 Å². The van der Waals surface area contributed by atoms with Crippen molar-refractivity contribution in [3.63, 3.8) is 0 Å². The van der Waals surface area contributed by atoms with Crippen molar-refractivity contribution < 1.29 is 9.53 Å². The summed E-state index contributed by atoms with van der Waals surface area (Å²) in [6.45, 7) is 6.77. The first-order valence-corrected chi connectivity index (χ1v) is 9.88. The van der Waals surface area contributed by atoms with Crippen LogP contribution in [0.2, 0.25) is 0 Å². The molecule has 0 saturated carbocycles. The lowest BCUT2D eigenvalue weighted by atomic mass is 9.95. The molecule has 0 spiro atoms. The Labute approximate surface area is 162 Å². The summed E-state index contributed by atoms with van der Waals surface area (Å²) in [7, 11) is 0. The van der Waals surface area contributed by atoms with Crippen molar-refractivity contribution in [3.05, 3.63) is 71.3 Å². The summed E-state index contributed by atoms with van der Waals surface area (Å²) in [4.78, 5) is 14.8. The Balaban J connectivity index is 1.29. The summed E-state index contributed by atoms with van der Waals surface area (Å²) in [5.41, 5.74) is 3.80. The zero-order chi connectivity index (χ0) is 18.9. The Morgan fingerprint density at radius 2 is 1.74 bits per heavy atom. The summed E-state index contributed by atoms with van der Waals surface area (Å²) in [6, 6.07) is 18.8. The lowest BCUT2D eigenvalue weighted by molar-refractivity contribution is -0.126. The Morgan fingerprint density at radius 3 is 2.44 bits per heavy atom. The molecular formula is C23H30N2O2. The summed E-state index contributed by atoms with van der Waals surface area (Å²) in [6.07, 6.45) is 1.87. The van der Waals surface area contributed by atoms with E-state index in [1.807, 2.05) is 30.3 Å². The van der Waals surface area contributed by atoms with Crippen molar-refractivity contribution in [2.75, 3.05) is 26.2 Å². The Morgan fingerprint density at radius 1 is 1.04 bits per heavy atom. The minimum absolute atomic E-state index is 0.133. The molecule has 1 heterocycles. The monoisotopic (exact) mass is 366 g/mol. The second kappa shape index (κ2) is 10.2. The highest BCUT2D eigenvalue weighted by molar-refractivity contribution is 5.78. The van der Waals surface area contributed by atoms with E-state index in [-0.39, 0.29) is 11.8 Å². The quantitative estimate of drug-likeness (QED) is 0.727. The van der Waals surface area contributed by atoms with Gasteiger partial charge in [-0.05, 0) is 44.0 Å². The van der Waals surface area contributed by atoms with Crippen molar-refractivity contribution in [2.45, 2.75) is 32.9 Å². The molecule has 0 unspecified atom stereocenters. The van der Waals surface area contributed by atoms with Crippen LogP contribution in [0.3, 0.4) is 0 Å². The van der Waals surface area contributed by atoms with Gasteiger partial charge in [-0.2, -0.15) is 0 Å². The Bertz CT molecular complexity index is 692. The predicted molar refractivity (Wildman–Crippen MR) is 108 cm³/mol. The molecule has 2 aromatic rings. The highest BCUT2D eigenvalue weighted by Gasteiger charge is 2.24. The third-order valence-electron chi connectivity index (χ3n) is 5.14. The minimum Gasteiger partial charge on any atom is -0.375 e. The number of carbonyl (C=O) groups excluding carboxylic acids is 1. The molecule has 1 fully saturated rings. The SMILES string of the molecule is Cc1ccc(CN2CCC(C(=O)NCCOCc3ccccc3)CC2)cc1.